The SMILES string of the molecule is CC(C)Oc1ccc(CCNC(=O)CN(C)CC(=O)NC(C)(C)C)cc1. The highest BCUT2D eigenvalue weighted by Gasteiger charge is 2.16. The maximum atomic E-state index is 12.0. The maximum absolute atomic E-state index is 12.0. The molecule has 0 saturated heterocycles. The highest BCUT2D eigenvalue weighted by molar-refractivity contribution is 5.81. The van der Waals surface area contributed by atoms with E-state index in [0.717, 1.165) is 17.7 Å². The summed E-state index contributed by atoms with van der Waals surface area (Å²) >= 11 is 0. The van der Waals surface area contributed by atoms with Crippen LogP contribution in [0.4, 0.5) is 0 Å². The molecule has 0 spiro atoms. The second-order valence-corrected chi connectivity index (χ2v) is 7.88. The first-order chi connectivity index (χ1) is 12.0. The number of ether oxygens (including phenoxy) is 1. The zero-order valence-electron chi connectivity index (χ0n) is 16.9. The van der Waals surface area contributed by atoms with Gasteiger partial charge in [0, 0.05) is 12.1 Å². The fourth-order valence-corrected chi connectivity index (χ4v) is 2.41. The molecule has 0 unspecified atom stereocenters. The van der Waals surface area contributed by atoms with Crippen molar-refractivity contribution in [3.63, 3.8) is 0 Å². The summed E-state index contributed by atoms with van der Waals surface area (Å²) in [7, 11) is 1.76. The molecule has 2 amide bonds. The maximum Gasteiger partial charge on any atom is 0.234 e. The number of benzene rings is 1. The van der Waals surface area contributed by atoms with Crippen LogP contribution in [0.1, 0.15) is 40.2 Å². The van der Waals surface area contributed by atoms with Crippen LogP contribution < -0.4 is 15.4 Å². The van der Waals surface area contributed by atoms with Crippen molar-refractivity contribution in [1.29, 1.82) is 0 Å². The zero-order chi connectivity index (χ0) is 19.7. The lowest BCUT2D eigenvalue weighted by Crippen LogP contribution is -2.46. The van der Waals surface area contributed by atoms with Gasteiger partial charge in [0.25, 0.3) is 0 Å². The van der Waals surface area contributed by atoms with Crippen molar-refractivity contribution in [1.82, 2.24) is 15.5 Å². The summed E-state index contributed by atoms with van der Waals surface area (Å²) in [5.41, 5.74) is 0.870. The lowest BCUT2D eigenvalue weighted by atomic mass is 10.1. The van der Waals surface area contributed by atoms with Gasteiger partial charge in [-0.3, -0.25) is 14.5 Å². The van der Waals surface area contributed by atoms with Crippen molar-refractivity contribution in [2.75, 3.05) is 26.7 Å². The Labute approximate surface area is 157 Å². The Morgan fingerprint density at radius 1 is 1.08 bits per heavy atom. The molecule has 1 aromatic carbocycles. The summed E-state index contributed by atoms with van der Waals surface area (Å²) < 4.78 is 5.61. The Morgan fingerprint density at radius 3 is 2.19 bits per heavy atom. The molecule has 0 atom stereocenters. The predicted octanol–water partition coefficient (Wildman–Crippen LogP) is 1.98. The number of carbonyl (C=O) groups is 2. The van der Waals surface area contributed by atoms with Crippen molar-refractivity contribution < 1.29 is 14.3 Å². The molecule has 0 aliphatic rings. The molecule has 2 N–H and O–H groups in total. The minimum Gasteiger partial charge on any atom is -0.491 e. The molecule has 0 aromatic heterocycles. The number of hydrogen-bond donors (Lipinski definition) is 2. The topological polar surface area (TPSA) is 70.7 Å². The Kier molecular flexibility index (Phi) is 8.58. The first kappa shape index (κ1) is 22.0. The van der Waals surface area contributed by atoms with Crippen LogP contribution >= 0.6 is 0 Å². The first-order valence-corrected chi connectivity index (χ1v) is 9.07. The lowest BCUT2D eigenvalue weighted by molar-refractivity contribution is -0.125. The van der Waals surface area contributed by atoms with E-state index < -0.39 is 0 Å². The summed E-state index contributed by atoms with van der Waals surface area (Å²) in [6, 6.07) is 7.90. The number of nitrogens with one attached hydrogen (secondary N) is 2. The third-order valence-corrected chi connectivity index (χ3v) is 3.37. The highest BCUT2D eigenvalue weighted by atomic mass is 16.5. The van der Waals surface area contributed by atoms with Gasteiger partial charge < -0.3 is 15.4 Å². The van der Waals surface area contributed by atoms with Crippen LogP contribution in [0.3, 0.4) is 0 Å². The molecule has 146 valence electrons. The van der Waals surface area contributed by atoms with Gasteiger partial charge >= 0.3 is 0 Å². The van der Waals surface area contributed by atoms with Crippen LogP contribution in [0.25, 0.3) is 0 Å². The van der Waals surface area contributed by atoms with E-state index in [1.54, 1.807) is 11.9 Å². The van der Waals surface area contributed by atoms with E-state index in [4.69, 9.17) is 4.74 Å². The number of hydrogen-bond acceptors (Lipinski definition) is 4. The van der Waals surface area contributed by atoms with Crippen molar-refractivity contribution in [3.05, 3.63) is 29.8 Å². The second-order valence-electron chi connectivity index (χ2n) is 7.88. The highest BCUT2D eigenvalue weighted by Crippen LogP contribution is 2.13. The van der Waals surface area contributed by atoms with Gasteiger partial charge in [-0.15, -0.1) is 0 Å². The Bertz CT molecular complexity index is 577. The molecule has 0 fully saturated rings. The molecule has 0 bridgehead atoms. The lowest BCUT2D eigenvalue weighted by Gasteiger charge is -2.23. The van der Waals surface area contributed by atoms with Gasteiger partial charge in [-0.25, -0.2) is 0 Å². The van der Waals surface area contributed by atoms with Crippen LogP contribution in [0.5, 0.6) is 5.75 Å². The summed E-state index contributed by atoms with van der Waals surface area (Å²) in [6.07, 6.45) is 0.907. The second kappa shape index (κ2) is 10.2. The molecule has 1 aromatic rings. The molecule has 6 nitrogen and oxygen atoms in total. The van der Waals surface area contributed by atoms with E-state index in [1.165, 1.54) is 0 Å². The van der Waals surface area contributed by atoms with Crippen LogP contribution in [0, 0.1) is 0 Å². The summed E-state index contributed by atoms with van der Waals surface area (Å²) in [5, 5.41) is 5.77. The van der Waals surface area contributed by atoms with Crippen LogP contribution in [0.15, 0.2) is 24.3 Å². The summed E-state index contributed by atoms with van der Waals surface area (Å²) in [4.78, 5) is 25.5. The molecular weight excluding hydrogens is 330 g/mol. The Balaban J connectivity index is 2.28. The van der Waals surface area contributed by atoms with E-state index >= 15 is 0 Å². The number of nitrogens with zero attached hydrogens (tertiary/aromatic N) is 1. The van der Waals surface area contributed by atoms with E-state index in [0.29, 0.717) is 6.54 Å². The standard InChI is InChI=1S/C20H33N3O3/c1-15(2)26-17-9-7-16(8-10-17)11-12-21-18(24)13-23(6)14-19(25)22-20(3,4)5/h7-10,15H,11-14H2,1-6H3,(H,21,24)(H,22,25). The van der Waals surface area contributed by atoms with E-state index in [1.807, 2.05) is 58.9 Å². The molecule has 0 aliphatic carbocycles. The van der Waals surface area contributed by atoms with E-state index in [9.17, 15) is 9.59 Å². The van der Waals surface area contributed by atoms with Gasteiger partial charge in [0.2, 0.25) is 11.8 Å². The van der Waals surface area contributed by atoms with Crippen LogP contribution in [-0.2, 0) is 16.0 Å². The first-order valence-electron chi connectivity index (χ1n) is 9.07. The van der Waals surface area contributed by atoms with Gasteiger partial charge in [-0.05, 0) is 65.8 Å². The predicted molar refractivity (Wildman–Crippen MR) is 104 cm³/mol. The van der Waals surface area contributed by atoms with Crippen molar-refractivity contribution >= 4 is 11.8 Å². The van der Waals surface area contributed by atoms with Crippen molar-refractivity contribution in [2.24, 2.45) is 0 Å². The number of rotatable bonds is 9. The molecule has 0 heterocycles. The monoisotopic (exact) mass is 363 g/mol. The average Bonchev–Trinajstić information content (AvgIpc) is 2.46. The quantitative estimate of drug-likeness (QED) is 0.704. The molecular formula is C20H33N3O3. The fourth-order valence-electron chi connectivity index (χ4n) is 2.41. The van der Waals surface area contributed by atoms with Gasteiger partial charge in [-0.2, -0.15) is 0 Å². The third kappa shape index (κ3) is 10.0. The van der Waals surface area contributed by atoms with Crippen LogP contribution in [-0.4, -0.2) is 55.0 Å². The third-order valence-electron chi connectivity index (χ3n) is 3.37. The molecule has 1 rings (SSSR count). The number of amides is 2. The van der Waals surface area contributed by atoms with Crippen LogP contribution in [0.2, 0.25) is 0 Å². The summed E-state index contributed by atoms with van der Waals surface area (Å²) in [5.74, 6) is 0.676. The van der Waals surface area contributed by atoms with Crippen molar-refractivity contribution in [3.8, 4) is 5.75 Å². The smallest absolute Gasteiger partial charge is 0.234 e. The molecule has 0 aliphatic heterocycles. The van der Waals surface area contributed by atoms with Crippen molar-refractivity contribution in [2.45, 2.75) is 52.7 Å². The number of carbonyl (C=O) groups excluding carboxylic acids is 2. The molecule has 0 saturated carbocycles. The van der Waals surface area contributed by atoms with E-state index in [-0.39, 0.29) is 36.5 Å². The Morgan fingerprint density at radius 2 is 1.65 bits per heavy atom. The molecule has 0 radical (unpaired) electrons. The largest absolute Gasteiger partial charge is 0.491 e. The average molecular weight is 364 g/mol. The zero-order valence-corrected chi connectivity index (χ0v) is 16.9. The molecule has 6 heteroatoms. The Hall–Kier alpha value is -2.08. The van der Waals surface area contributed by atoms with E-state index in [2.05, 4.69) is 10.6 Å². The minimum atomic E-state index is -0.268. The van der Waals surface area contributed by atoms with Gasteiger partial charge in [0.1, 0.15) is 5.75 Å². The van der Waals surface area contributed by atoms with Gasteiger partial charge in [0.05, 0.1) is 19.2 Å². The number of likely N-dealkylation sites (N-methyl/N-ethyl adjacent to an activating group) is 1. The fraction of sp³-hybridized carbons (Fsp3) is 0.600. The summed E-state index contributed by atoms with van der Waals surface area (Å²) in [6.45, 7) is 10.7. The molecule has 26 heavy (non-hydrogen) atoms. The minimum absolute atomic E-state index is 0.0866. The van der Waals surface area contributed by atoms with Gasteiger partial charge in [0.15, 0.2) is 0 Å². The van der Waals surface area contributed by atoms with Gasteiger partial charge in [-0.1, -0.05) is 12.1 Å². The normalized spacial score (nSPS) is 11.5.